The Balaban J connectivity index is 1.50. The molecule has 1 aromatic heterocycles. The zero-order valence-electron chi connectivity index (χ0n) is 17.0. The molecule has 150 valence electrons. The Labute approximate surface area is 167 Å². The van der Waals surface area contributed by atoms with Crippen LogP contribution in [0.25, 0.3) is 0 Å². The summed E-state index contributed by atoms with van der Waals surface area (Å²) in [7, 11) is 1.65. The molecule has 1 fully saturated rings. The summed E-state index contributed by atoms with van der Waals surface area (Å²) in [6.45, 7) is 8.48. The van der Waals surface area contributed by atoms with Gasteiger partial charge in [0.15, 0.2) is 0 Å². The third-order valence-corrected chi connectivity index (χ3v) is 5.41. The number of benzene rings is 1. The molecule has 0 spiro atoms. The van der Waals surface area contributed by atoms with E-state index < -0.39 is 0 Å². The van der Waals surface area contributed by atoms with E-state index >= 15 is 0 Å². The van der Waals surface area contributed by atoms with Crippen molar-refractivity contribution in [2.24, 2.45) is 0 Å². The lowest BCUT2D eigenvalue weighted by atomic mass is 10.1. The summed E-state index contributed by atoms with van der Waals surface area (Å²) in [5, 5.41) is 3.13. The van der Waals surface area contributed by atoms with Gasteiger partial charge in [-0.05, 0) is 32.0 Å². The molecule has 3 rings (SSSR count). The van der Waals surface area contributed by atoms with Gasteiger partial charge in [0.05, 0.1) is 24.9 Å². The number of ether oxygens (including phenoxy) is 1. The molecule has 1 aliphatic rings. The second kappa shape index (κ2) is 9.66. The van der Waals surface area contributed by atoms with Crippen molar-refractivity contribution in [1.82, 2.24) is 20.1 Å². The van der Waals surface area contributed by atoms with Gasteiger partial charge in [0.1, 0.15) is 5.75 Å². The first kappa shape index (κ1) is 20.3. The quantitative estimate of drug-likeness (QED) is 0.797. The lowest BCUT2D eigenvalue weighted by Crippen LogP contribution is -2.53. The molecule has 1 saturated heterocycles. The fourth-order valence-electron chi connectivity index (χ4n) is 3.63. The second-order valence-corrected chi connectivity index (χ2v) is 7.28. The number of pyridine rings is 1. The zero-order valence-corrected chi connectivity index (χ0v) is 17.0. The van der Waals surface area contributed by atoms with E-state index in [1.54, 1.807) is 7.11 Å². The maximum absolute atomic E-state index is 12.8. The van der Waals surface area contributed by atoms with Gasteiger partial charge >= 0.3 is 0 Å². The number of hydrogen-bond donors (Lipinski definition) is 1. The number of carbonyl (C=O) groups excluding carboxylic acids is 1. The topological polar surface area (TPSA) is 57.7 Å². The highest BCUT2D eigenvalue weighted by atomic mass is 16.5. The van der Waals surface area contributed by atoms with Crippen LogP contribution in [-0.2, 0) is 11.3 Å². The Morgan fingerprint density at radius 2 is 1.82 bits per heavy atom. The minimum atomic E-state index is -0.158. The molecule has 2 atom stereocenters. The standard InChI is InChI=1S/C22H30N4O2/c1-17(20-9-4-5-10-21(20)28-3)24-22(27)18(2)26-14-12-25(13-15-26)16-19-8-6-7-11-23-19/h4-11,17-18H,12-16H2,1-3H3,(H,24,27). The van der Waals surface area contributed by atoms with Crippen LogP contribution in [0.3, 0.4) is 0 Å². The first-order chi connectivity index (χ1) is 13.6. The fourth-order valence-corrected chi connectivity index (χ4v) is 3.63. The van der Waals surface area contributed by atoms with Gasteiger partial charge in [-0.2, -0.15) is 0 Å². The molecule has 1 N–H and O–H groups in total. The highest BCUT2D eigenvalue weighted by molar-refractivity contribution is 5.81. The van der Waals surface area contributed by atoms with E-state index in [9.17, 15) is 4.79 Å². The molecular formula is C22H30N4O2. The number of nitrogens with zero attached hydrogens (tertiary/aromatic N) is 3. The Morgan fingerprint density at radius 3 is 2.50 bits per heavy atom. The van der Waals surface area contributed by atoms with E-state index in [1.165, 1.54) is 0 Å². The summed E-state index contributed by atoms with van der Waals surface area (Å²) in [6, 6.07) is 13.6. The number of piperazine rings is 1. The number of rotatable bonds is 7. The van der Waals surface area contributed by atoms with Crippen molar-refractivity contribution in [3.8, 4) is 5.75 Å². The Morgan fingerprint density at radius 1 is 1.11 bits per heavy atom. The molecular weight excluding hydrogens is 352 g/mol. The third-order valence-electron chi connectivity index (χ3n) is 5.41. The van der Waals surface area contributed by atoms with Crippen LogP contribution >= 0.6 is 0 Å². The van der Waals surface area contributed by atoms with Gasteiger partial charge in [-0.1, -0.05) is 24.3 Å². The normalized spacial score (nSPS) is 17.7. The third kappa shape index (κ3) is 5.09. The van der Waals surface area contributed by atoms with Crippen molar-refractivity contribution in [1.29, 1.82) is 0 Å². The maximum atomic E-state index is 12.8. The molecule has 1 amide bonds. The summed E-state index contributed by atoms with van der Waals surface area (Å²) in [5.41, 5.74) is 2.08. The molecule has 0 bridgehead atoms. The number of carbonyl (C=O) groups is 1. The number of hydrogen-bond acceptors (Lipinski definition) is 5. The average Bonchev–Trinajstić information content (AvgIpc) is 2.74. The summed E-state index contributed by atoms with van der Waals surface area (Å²) in [5.74, 6) is 0.850. The zero-order chi connectivity index (χ0) is 19.9. The molecule has 28 heavy (non-hydrogen) atoms. The second-order valence-electron chi connectivity index (χ2n) is 7.28. The van der Waals surface area contributed by atoms with E-state index in [0.29, 0.717) is 0 Å². The van der Waals surface area contributed by atoms with Crippen LogP contribution in [0.1, 0.15) is 31.1 Å². The predicted octanol–water partition coefficient (Wildman–Crippen LogP) is 2.47. The number of methoxy groups -OCH3 is 1. The molecule has 2 aromatic rings. The first-order valence-electron chi connectivity index (χ1n) is 9.88. The minimum absolute atomic E-state index is 0.0524. The van der Waals surface area contributed by atoms with Crippen LogP contribution in [0.5, 0.6) is 5.75 Å². The van der Waals surface area contributed by atoms with Gasteiger partial charge < -0.3 is 10.1 Å². The van der Waals surface area contributed by atoms with E-state index in [0.717, 1.165) is 49.7 Å². The first-order valence-corrected chi connectivity index (χ1v) is 9.88. The Bertz CT molecular complexity index is 760. The maximum Gasteiger partial charge on any atom is 0.237 e. The molecule has 2 unspecified atom stereocenters. The van der Waals surface area contributed by atoms with Gasteiger partial charge in [-0.25, -0.2) is 0 Å². The average molecular weight is 383 g/mol. The van der Waals surface area contributed by atoms with E-state index in [2.05, 4.69) is 26.2 Å². The fraction of sp³-hybridized carbons (Fsp3) is 0.455. The van der Waals surface area contributed by atoms with Gasteiger partial charge in [-0.15, -0.1) is 0 Å². The molecule has 2 heterocycles. The summed E-state index contributed by atoms with van der Waals surface area (Å²) < 4.78 is 5.41. The van der Waals surface area contributed by atoms with Gasteiger partial charge in [-0.3, -0.25) is 19.6 Å². The van der Waals surface area contributed by atoms with Gasteiger partial charge in [0, 0.05) is 44.5 Å². The van der Waals surface area contributed by atoms with Crippen molar-refractivity contribution in [3.63, 3.8) is 0 Å². The molecule has 6 heteroatoms. The van der Waals surface area contributed by atoms with E-state index in [1.807, 2.05) is 56.4 Å². The van der Waals surface area contributed by atoms with Crippen LogP contribution in [0, 0.1) is 0 Å². The Hall–Kier alpha value is -2.44. The van der Waals surface area contributed by atoms with Crippen LogP contribution in [0.15, 0.2) is 48.7 Å². The highest BCUT2D eigenvalue weighted by Crippen LogP contribution is 2.24. The molecule has 0 radical (unpaired) electrons. The summed E-state index contributed by atoms with van der Waals surface area (Å²) >= 11 is 0. The van der Waals surface area contributed by atoms with Crippen molar-refractivity contribution < 1.29 is 9.53 Å². The lowest BCUT2D eigenvalue weighted by Gasteiger charge is -2.37. The van der Waals surface area contributed by atoms with Crippen molar-refractivity contribution in [2.45, 2.75) is 32.5 Å². The molecule has 0 aliphatic carbocycles. The summed E-state index contributed by atoms with van der Waals surface area (Å²) in [6.07, 6.45) is 1.83. The number of para-hydroxylation sites is 1. The van der Waals surface area contributed by atoms with Gasteiger partial charge in [0.2, 0.25) is 5.91 Å². The SMILES string of the molecule is COc1ccccc1C(C)NC(=O)C(C)N1CCN(Cc2ccccn2)CC1. The smallest absolute Gasteiger partial charge is 0.237 e. The predicted molar refractivity (Wildman–Crippen MR) is 110 cm³/mol. The highest BCUT2D eigenvalue weighted by Gasteiger charge is 2.27. The van der Waals surface area contributed by atoms with Crippen LogP contribution in [-0.4, -0.2) is 60.0 Å². The van der Waals surface area contributed by atoms with E-state index in [-0.39, 0.29) is 18.0 Å². The molecule has 6 nitrogen and oxygen atoms in total. The number of aromatic nitrogens is 1. The van der Waals surface area contributed by atoms with Crippen molar-refractivity contribution in [3.05, 3.63) is 59.9 Å². The van der Waals surface area contributed by atoms with Crippen LogP contribution < -0.4 is 10.1 Å². The van der Waals surface area contributed by atoms with Gasteiger partial charge in [0.25, 0.3) is 0 Å². The number of amides is 1. The lowest BCUT2D eigenvalue weighted by molar-refractivity contribution is -0.127. The number of nitrogens with one attached hydrogen (secondary N) is 1. The van der Waals surface area contributed by atoms with Crippen LogP contribution in [0.4, 0.5) is 0 Å². The van der Waals surface area contributed by atoms with Crippen molar-refractivity contribution in [2.75, 3.05) is 33.3 Å². The van der Waals surface area contributed by atoms with Crippen molar-refractivity contribution >= 4 is 5.91 Å². The van der Waals surface area contributed by atoms with E-state index in [4.69, 9.17) is 4.74 Å². The monoisotopic (exact) mass is 382 g/mol. The molecule has 1 aliphatic heterocycles. The largest absolute Gasteiger partial charge is 0.496 e. The molecule has 1 aromatic carbocycles. The summed E-state index contributed by atoms with van der Waals surface area (Å²) in [4.78, 5) is 21.8. The Kier molecular flexibility index (Phi) is 7.01. The molecule has 0 saturated carbocycles. The minimum Gasteiger partial charge on any atom is -0.496 e. The van der Waals surface area contributed by atoms with Crippen LogP contribution in [0.2, 0.25) is 0 Å².